The second-order valence-corrected chi connectivity index (χ2v) is 30.4. The fourth-order valence-corrected chi connectivity index (χ4v) is 0. The lowest BCUT2D eigenvalue weighted by Gasteiger charge is -2.10. The predicted octanol–water partition coefficient (Wildman–Crippen LogP) is 3.72. The van der Waals surface area contributed by atoms with Crippen molar-refractivity contribution in [2.24, 2.45) is 0 Å². The summed E-state index contributed by atoms with van der Waals surface area (Å²) in [5, 5.41) is 0. The Labute approximate surface area is 243 Å². The summed E-state index contributed by atoms with van der Waals surface area (Å²) in [5.41, 5.74) is 0. The molecule has 0 N–H and O–H groups in total. The number of rotatable bonds is 6. The molecule has 6 nitrogen and oxygen atoms in total. The molecule has 0 aliphatic carbocycles. The molecule has 0 amide bonds. The van der Waals surface area contributed by atoms with Gasteiger partial charge in [0.25, 0.3) is 0 Å². The van der Waals surface area contributed by atoms with Gasteiger partial charge >= 0.3 is 0 Å². The molecule has 0 aromatic heterocycles. The van der Waals surface area contributed by atoms with Crippen LogP contribution in [0.2, 0.25) is 78.6 Å². The Balaban J connectivity index is -0.0000000750. The van der Waals surface area contributed by atoms with E-state index >= 15 is 0 Å². The standard InChI is InChI=1S/4C4H13NSi.2C4H12NSi/c6*1-5(2)6(3)4/h4*6H,1-4H3;2*1-4H3. The lowest BCUT2D eigenvalue weighted by molar-refractivity contribution is 0.648. The molecule has 0 aliphatic rings. The summed E-state index contributed by atoms with van der Waals surface area (Å²) in [6.07, 6.45) is 0. The Morgan fingerprint density at radius 2 is 0.361 bits per heavy atom. The minimum Gasteiger partial charge on any atom is -0.332 e. The highest BCUT2D eigenvalue weighted by molar-refractivity contribution is 6.53. The highest BCUT2D eigenvalue weighted by atomic mass is 28.3. The molecule has 0 bridgehead atoms. The lowest BCUT2D eigenvalue weighted by Crippen LogP contribution is -2.25. The largest absolute Gasteiger partial charge is 0.332 e. The first-order valence-electron chi connectivity index (χ1n) is 13.5. The summed E-state index contributed by atoms with van der Waals surface area (Å²) in [6.45, 7) is 27.5. The van der Waals surface area contributed by atoms with E-state index in [0.29, 0.717) is 0 Å². The minimum absolute atomic E-state index is 0.118. The van der Waals surface area contributed by atoms with E-state index in [1.54, 1.807) is 0 Å². The topological polar surface area (TPSA) is 19.4 Å². The van der Waals surface area contributed by atoms with Crippen molar-refractivity contribution in [2.75, 3.05) is 84.6 Å². The van der Waals surface area contributed by atoms with Crippen molar-refractivity contribution in [1.29, 1.82) is 0 Å². The fraction of sp³-hybridized carbons (Fsp3) is 1.00. The highest BCUT2D eigenvalue weighted by Gasteiger charge is 1.96. The van der Waals surface area contributed by atoms with Crippen molar-refractivity contribution >= 4 is 53.7 Å². The summed E-state index contributed by atoms with van der Waals surface area (Å²) >= 11 is 0. The molecule has 0 heterocycles. The van der Waals surface area contributed by atoms with Crippen LogP contribution >= 0.6 is 0 Å². The van der Waals surface area contributed by atoms with Crippen molar-refractivity contribution in [3.8, 4) is 0 Å². The summed E-state index contributed by atoms with van der Waals surface area (Å²) in [6, 6.07) is 0. The minimum atomic E-state index is -0.410. The van der Waals surface area contributed by atoms with Gasteiger partial charge in [0.1, 0.15) is 53.7 Å². The molecule has 0 saturated heterocycles. The van der Waals surface area contributed by atoms with E-state index in [9.17, 15) is 0 Å². The van der Waals surface area contributed by atoms with E-state index in [2.05, 4.69) is 191 Å². The first-order chi connectivity index (χ1) is 15.9. The van der Waals surface area contributed by atoms with Crippen LogP contribution in [-0.4, -0.2) is 166 Å². The summed E-state index contributed by atoms with van der Waals surface area (Å²) in [7, 11) is 23.7. The maximum Gasteiger partial charge on any atom is 0.129 e. The van der Waals surface area contributed by atoms with E-state index in [0.717, 1.165) is 0 Å². The summed E-state index contributed by atoms with van der Waals surface area (Å²) < 4.78 is 13.8. The number of nitrogens with zero attached hydrogens (tertiary/aromatic N) is 6. The molecule has 0 aromatic carbocycles. The first kappa shape index (κ1) is 50.0. The van der Waals surface area contributed by atoms with Crippen LogP contribution in [0.5, 0.6) is 0 Å². The van der Waals surface area contributed by atoms with Crippen LogP contribution in [0.3, 0.4) is 0 Å². The van der Waals surface area contributed by atoms with Crippen molar-refractivity contribution in [3.63, 3.8) is 0 Å². The van der Waals surface area contributed by atoms with Crippen LogP contribution in [0, 0.1) is 0 Å². The molecule has 0 spiro atoms. The van der Waals surface area contributed by atoms with Gasteiger partial charge in [-0.25, -0.2) is 0 Å². The molecule has 0 aromatic rings. The van der Waals surface area contributed by atoms with Crippen LogP contribution in [-0.2, 0) is 0 Å². The highest BCUT2D eigenvalue weighted by Crippen LogP contribution is 1.82. The molecule has 12 heteroatoms. The molecule has 0 atom stereocenters. The smallest absolute Gasteiger partial charge is 0.129 e. The van der Waals surface area contributed by atoms with Crippen LogP contribution < -0.4 is 0 Å². The average Bonchev–Trinajstić information content (AvgIpc) is 2.69. The van der Waals surface area contributed by atoms with Crippen molar-refractivity contribution < 1.29 is 0 Å². The van der Waals surface area contributed by atoms with Gasteiger partial charge in [-0.15, -0.1) is 0 Å². The average molecular weight is 617 g/mol. The van der Waals surface area contributed by atoms with Gasteiger partial charge in [0, 0.05) is 0 Å². The van der Waals surface area contributed by atoms with Gasteiger partial charge in [-0.1, -0.05) is 78.6 Å². The van der Waals surface area contributed by atoms with E-state index in [-0.39, 0.29) is 17.9 Å². The van der Waals surface area contributed by atoms with E-state index < -0.39 is 35.8 Å². The molecule has 0 rings (SSSR count). The zero-order valence-electron chi connectivity index (χ0n) is 30.0. The van der Waals surface area contributed by atoms with Crippen molar-refractivity contribution in [2.45, 2.75) is 78.6 Å². The molecule has 0 unspecified atom stereocenters. The van der Waals surface area contributed by atoms with Crippen LogP contribution in [0.15, 0.2) is 0 Å². The molecule has 226 valence electrons. The second kappa shape index (κ2) is 32.3. The molecular formula is C24H76N6Si6. The Kier molecular flexibility index (Phi) is 44.8. The Hall–Kier alpha value is 1.06. The second-order valence-electron chi connectivity index (χ2n) is 11.9. The maximum absolute atomic E-state index is 2.31. The summed E-state index contributed by atoms with van der Waals surface area (Å²) in [5.74, 6) is 0. The Morgan fingerprint density at radius 3 is 0.361 bits per heavy atom. The third-order valence-electron chi connectivity index (χ3n) is 5.92. The number of hydrogen-bond acceptors (Lipinski definition) is 6. The maximum atomic E-state index is 2.31. The van der Waals surface area contributed by atoms with Crippen LogP contribution in [0.25, 0.3) is 0 Å². The molecule has 0 fully saturated rings. The lowest BCUT2D eigenvalue weighted by atomic mass is 11.3. The van der Waals surface area contributed by atoms with Crippen LogP contribution in [0.4, 0.5) is 0 Å². The SMILES string of the molecule is CN(C)[SiH](C)C.CN(C)[SiH](C)C.CN(C)[SiH](C)C.CN(C)[SiH](C)C.CN(C)[Si](C)C.CN(C)[Si](C)C. The van der Waals surface area contributed by atoms with Crippen molar-refractivity contribution in [3.05, 3.63) is 0 Å². The zero-order chi connectivity index (χ0) is 30.9. The van der Waals surface area contributed by atoms with E-state index in [4.69, 9.17) is 0 Å². The molecule has 36 heavy (non-hydrogen) atoms. The Bertz CT molecular complexity index is 264. The van der Waals surface area contributed by atoms with Gasteiger partial charge in [-0.3, -0.25) is 0 Å². The Morgan fingerprint density at radius 1 is 0.306 bits per heavy atom. The monoisotopic (exact) mass is 616 g/mol. The van der Waals surface area contributed by atoms with Gasteiger partial charge in [0.15, 0.2) is 0 Å². The normalized spacial score (nSPS) is 11.0. The van der Waals surface area contributed by atoms with Gasteiger partial charge in [0.05, 0.1) is 0 Å². The van der Waals surface area contributed by atoms with Gasteiger partial charge in [-0.2, -0.15) is 0 Å². The van der Waals surface area contributed by atoms with Gasteiger partial charge < -0.3 is 27.4 Å². The number of hydrogen-bond donors (Lipinski definition) is 0. The quantitative estimate of drug-likeness (QED) is 0.421. The van der Waals surface area contributed by atoms with Gasteiger partial charge in [-0.05, 0) is 84.6 Å². The van der Waals surface area contributed by atoms with Crippen molar-refractivity contribution in [1.82, 2.24) is 27.4 Å². The zero-order valence-corrected chi connectivity index (χ0v) is 36.6. The predicted molar refractivity (Wildman–Crippen MR) is 193 cm³/mol. The van der Waals surface area contributed by atoms with Crippen LogP contribution in [0.1, 0.15) is 0 Å². The molecule has 0 aliphatic heterocycles. The third kappa shape index (κ3) is 64.8. The van der Waals surface area contributed by atoms with E-state index in [1.165, 1.54) is 0 Å². The fourth-order valence-electron chi connectivity index (χ4n) is 0. The molecule has 2 radical (unpaired) electrons. The molecular weight excluding hydrogens is 541 g/mol. The van der Waals surface area contributed by atoms with E-state index in [1.807, 2.05) is 0 Å². The van der Waals surface area contributed by atoms with Gasteiger partial charge in [0.2, 0.25) is 0 Å². The summed E-state index contributed by atoms with van der Waals surface area (Å²) in [4.78, 5) is 0. The molecule has 0 saturated carbocycles. The third-order valence-corrected chi connectivity index (χ3v) is 17.8. The first-order valence-corrected chi connectivity index (χ1v) is 29.7.